The Morgan fingerprint density at radius 3 is 2.50 bits per heavy atom. The van der Waals surface area contributed by atoms with E-state index in [0.717, 1.165) is 29.0 Å². The lowest BCUT2D eigenvalue weighted by atomic mass is 10.00. The Labute approximate surface area is 181 Å². The van der Waals surface area contributed by atoms with Crippen LogP contribution in [0.15, 0.2) is 59.5 Å². The molecule has 0 saturated carbocycles. The van der Waals surface area contributed by atoms with Crippen LogP contribution < -0.4 is 5.32 Å². The normalized spacial score (nSPS) is 14.9. The molecule has 0 radical (unpaired) electrons. The number of hydrogen-bond donors (Lipinski definition) is 1. The summed E-state index contributed by atoms with van der Waals surface area (Å²) in [7, 11) is 1.60. The second-order valence-electron chi connectivity index (χ2n) is 7.30. The third kappa shape index (κ3) is 5.21. The molecule has 7 heteroatoms. The van der Waals surface area contributed by atoms with Crippen LogP contribution in [0.2, 0.25) is 0 Å². The van der Waals surface area contributed by atoms with Gasteiger partial charge in [-0.25, -0.2) is 0 Å². The second kappa shape index (κ2) is 10.3. The molecule has 1 unspecified atom stereocenters. The number of amides is 3. The number of piperidine rings is 1. The van der Waals surface area contributed by atoms with Crippen molar-refractivity contribution in [3.63, 3.8) is 0 Å². The molecule has 0 spiro atoms. The fourth-order valence-corrected chi connectivity index (χ4v) is 4.18. The van der Waals surface area contributed by atoms with E-state index < -0.39 is 6.04 Å². The van der Waals surface area contributed by atoms with Crippen molar-refractivity contribution >= 4 is 35.2 Å². The first-order chi connectivity index (χ1) is 14.5. The predicted octanol–water partition coefficient (Wildman–Crippen LogP) is 3.56. The summed E-state index contributed by atoms with van der Waals surface area (Å²) >= 11 is 1.54. The standard InChI is InChI=1S/C23H27N3O3S/c1-25(16-20(27)24-18-12-6-7-13-19(18)30-2)23(29)22(17-10-4-3-5-11-17)26-15-9-8-14-21(26)28/h3-7,10-13,22H,8-9,14-16H2,1-2H3,(H,24,27). The Morgan fingerprint density at radius 1 is 1.10 bits per heavy atom. The molecule has 1 saturated heterocycles. The van der Waals surface area contributed by atoms with E-state index in [-0.39, 0.29) is 24.3 Å². The summed E-state index contributed by atoms with van der Waals surface area (Å²) in [6, 6.07) is 16.1. The molecule has 0 aliphatic carbocycles. The van der Waals surface area contributed by atoms with Gasteiger partial charge in [0.05, 0.1) is 12.2 Å². The molecule has 3 rings (SSSR count). The Hall–Kier alpha value is -2.80. The van der Waals surface area contributed by atoms with Crippen molar-refractivity contribution in [2.24, 2.45) is 0 Å². The number of carbonyl (C=O) groups excluding carboxylic acids is 3. The van der Waals surface area contributed by atoms with Gasteiger partial charge < -0.3 is 15.1 Å². The number of carbonyl (C=O) groups is 3. The molecular formula is C23H27N3O3S. The highest BCUT2D eigenvalue weighted by Crippen LogP contribution is 2.28. The van der Waals surface area contributed by atoms with Gasteiger partial charge in [0, 0.05) is 24.9 Å². The van der Waals surface area contributed by atoms with Gasteiger partial charge in [-0.15, -0.1) is 11.8 Å². The first-order valence-corrected chi connectivity index (χ1v) is 11.3. The molecule has 1 fully saturated rings. The fourth-order valence-electron chi connectivity index (χ4n) is 3.63. The van der Waals surface area contributed by atoms with Crippen molar-refractivity contribution in [2.75, 3.05) is 31.7 Å². The molecule has 3 amide bonds. The topological polar surface area (TPSA) is 69.7 Å². The maximum atomic E-state index is 13.3. The van der Waals surface area contributed by atoms with E-state index in [2.05, 4.69) is 5.32 Å². The minimum absolute atomic E-state index is 0.0183. The average Bonchev–Trinajstić information content (AvgIpc) is 2.76. The number of rotatable bonds is 7. The minimum Gasteiger partial charge on any atom is -0.334 e. The van der Waals surface area contributed by atoms with Gasteiger partial charge in [-0.2, -0.15) is 0 Å². The SMILES string of the molecule is CSc1ccccc1NC(=O)CN(C)C(=O)C(c1ccccc1)N1CCCCC1=O. The lowest BCUT2D eigenvalue weighted by Gasteiger charge is -2.36. The number of likely N-dealkylation sites (tertiary alicyclic amines) is 1. The Bertz CT molecular complexity index is 904. The lowest BCUT2D eigenvalue weighted by molar-refractivity contribution is -0.147. The number of likely N-dealkylation sites (N-methyl/N-ethyl adjacent to an activating group) is 1. The van der Waals surface area contributed by atoms with Crippen LogP contribution in [0.4, 0.5) is 5.69 Å². The summed E-state index contributed by atoms with van der Waals surface area (Å²) in [5.41, 5.74) is 1.49. The fraction of sp³-hybridized carbons (Fsp3) is 0.348. The van der Waals surface area contributed by atoms with Gasteiger partial charge in [-0.3, -0.25) is 14.4 Å². The van der Waals surface area contributed by atoms with Crippen LogP contribution in [0, 0.1) is 0 Å². The molecule has 1 N–H and O–H groups in total. The van der Waals surface area contributed by atoms with Crippen LogP contribution in [0.5, 0.6) is 0 Å². The van der Waals surface area contributed by atoms with Gasteiger partial charge in [0.25, 0.3) is 0 Å². The maximum absolute atomic E-state index is 13.3. The number of nitrogens with zero attached hydrogens (tertiary/aromatic N) is 2. The maximum Gasteiger partial charge on any atom is 0.250 e. The van der Waals surface area contributed by atoms with Crippen molar-refractivity contribution in [1.82, 2.24) is 9.80 Å². The summed E-state index contributed by atoms with van der Waals surface area (Å²) in [5.74, 6) is -0.552. The molecule has 0 aromatic heterocycles. The molecule has 1 atom stereocenters. The van der Waals surface area contributed by atoms with Gasteiger partial charge in [0.15, 0.2) is 0 Å². The molecule has 2 aromatic carbocycles. The van der Waals surface area contributed by atoms with E-state index in [0.29, 0.717) is 13.0 Å². The van der Waals surface area contributed by atoms with Gasteiger partial charge in [-0.05, 0) is 36.8 Å². The van der Waals surface area contributed by atoms with Crippen molar-refractivity contribution in [1.29, 1.82) is 0 Å². The van der Waals surface area contributed by atoms with Crippen molar-refractivity contribution < 1.29 is 14.4 Å². The smallest absolute Gasteiger partial charge is 0.250 e. The lowest BCUT2D eigenvalue weighted by Crippen LogP contribution is -2.47. The first kappa shape index (κ1) is 21.9. The van der Waals surface area contributed by atoms with E-state index in [1.54, 1.807) is 23.7 Å². The summed E-state index contributed by atoms with van der Waals surface area (Å²) in [4.78, 5) is 42.5. The third-order valence-electron chi connectivity index (χ3n) is 5.16. The second-order valence-corrected chi connectivity index (χ2v) is 8.15. The number of benzene rings is 2. The molecule has 0 bridgehead atoms. The summed E-state index contributed by atoms with van der Waals surface area (Å²) < 4.78 is 0. The van der Waals surface area contributed by atoms with Crippen LogP contribution >= 0.6 is 11.8 Å². The summed E-state index contributed by atoms with van der Waals surface area (Å²) in [6.07, 6.45) is 4.11. The van der Waals surface area contributed by atoms with Crippen LogP contribution in [-0.4, -0.2) is 53.9 Å². The summed E-state index contributed by atoms with van der Waals surface area (Å²) in [5, 5.41) is 2.88. The Balaban J connectivity index is 1.75. The number of thioether (sulfide) groups is 1. The van der Waals surface area contributed by atoms with Crippen LogP contribution in [0.25, 0.3) is 0 Å². The molecule has 1 heterocycles. The van der Waals surface area contributed by atoms with E-state index in [9.17, 15) is 14.4 Å². The Morgan fingerprint density at radius 2 is 1.80 bits per heavy atom. The number of nitrogens with one attached hydrogen (secondary N) is 1. The largest absolute Gasteiger partial charge is 0.334 e. The molecular weight excluding hydrogens is 398 g/mol. The molecule has 6 nitrogen and oxygen atoms in total. The molecule has 2 aromatic rings. The minimum atomic E-state index is -0.713. The van der Waals surface area contributed by atoms with Crippen molar-refractivity contribution in [3.8, 4) is 0 Å². The van der Waals surface area contributed by atoms with Gasteiger partial charge in [-0.1, -0.05) is 42.5 Å². The van der Waals surface area contributed by atoms with Gasteiger partial charge >= 0.3 is 0 Å². The van der Waals surface area contributed by atoms with Gasteiger partial charge in [0.1, 0.15) is 6.04 Å². The quantitative estimate of drug-likeness (QED) is 0.689. The Kier molecular flexibility index (Phi) is 7.52. The zero-order chi connectivity index (χ0) is 21.5. The number of anilines is 1. The first-order valence-electron chi connectivity index (χ1n) is 10.0. The molecule has 1 aliphatic heterocycles. The highest BCUT2D eigenvalue weighted by atomic mass is 32.2. The van der Waals surface area contributed by atoms with E-state index >= 15 is 0 Å². The number of para-hydroxylation sites is 1. The van der Waals surface area contributed by atoms with E-state index in [1.807, 2.05) is 60.9 Å². The highest BCUT2D eigenvalue weighted by molar-refractivity contribution is 7.98. The van der Waals surface area contributed by atoms with Gasteiger partial charge in [0.2, 0.25) is 17.7 Å². The average molecular weight is 426 g/mol. The van der Waals surface area contributed by atoms with E-state index in [4.69, 9.17) is 0 Å². The monoisotopic (exact) mass is 425 g/mol. The van der Waals surface area contributed by atoms with Crippen molar-refractivity contribution in [2.45, 2.75) is 30.2 Å². The highest BCUT2D eigenvalue weighted by Gasteiger charge is 2.34. The van der Waals surface area contributed by atoms with Crippen LogP contribution in [-0.2, 0) is 14.4 Å². The van der Waals surface area contributed by atoms with Crippen LogP contribution in [0.3, 0.4) is 0 Å². The molecule has 30 heavy (non-hydrogen) atoms. The molecule has 158 valence electrons. The van der Waals surface area contributed by atoms with Crippen LogP contribution in [0.1, 0.15) is 30.9 Å². The predicted molar refractivity (Wildman–Crippen MR) is 119 cm³/mol. The van der Waals surface area contributed by atoms with Crippen molar-refractivity contribution in [3.05, 3.63) is 60.2 Å². The summed E-state index contributed by atoms with van der Waals surface area (Å²) in [6.45, 7) is 0.457. The third-order valence-corrected chi connectivity index (χ3v) is 5.95. The zero-order valence-corrected chi connectivity index (χ0v) is 18.2. The number of hydrogen-bond acceptors (Lipinski definition) is 4. The van der Waals surface area contributed by atoms with E-state index in [1.165, 1.54) is 4.90 Å². The molecule has 1 aliphatic rings. The zero-order valence-electron chi connectivity index (χ0n) is 17.3.